The fourth-order valence-corrected chi connectivity index (χ4v) is 3.74. The first-order valence-electron chi connectivity index (χ1n) is 9.11. The zero-order valence-electron chi connectivity index (χ0n) is 16.0. The van der Waals surface area contributed by atoms with Gasteiger partial charge in [0.15, 0.2) is 5.65 Å². The van der Waals surface area contributed by atoms with Crippen LogP contribution in [0.2, 0.25) is 5.02 Å². The van der Waals surface area contributed by atoms with Crippen molar-refractivity contribution in [3.63, 3.8) is 0 Å². The first-order chi connectivity index (χ1) is 12.8. The van der Waals surface area contributed by atoms with Crippen LogP contribution in [0.1, 0.15) is 39.7 Å². The minimum atomic E-state index is -0.260. The maximum Gasteiger partial charge on any atom is 0.164 e. The van der Waals surface area contributed by atoms with Gasteiger partial charge in [0.1, 0.15) is 17.8 Å². The van der Waals surface area contributed by atoms with Gasteiger partial charge in [-0.1, -0.05) is 37.1 Å². The number of nitrogens with two attached hydrogens (primary N) is 1. The number of H-pyrrole nitrogens is 1. The molecule has 0 aliphatic rings. The van der Waals surface area contributed by atoms with E-state index in [1.165, 1.54) is 11.9 Å². The Morgan fingerprint density at radius 3 is 2.70 bits per heavy atom. The van der Waals surface area contributed by atoms with Gasteiger partial charge in [0, 0.05) is 10.9 Å². The van der Waals surface area contributed by atoms with Gasteiger partial charge < -0.3 is 10.7 Å². The molecule has 0 bridgehead atoms. The summed E-state index contributed by atoms with van der Waals surface area (Å²) in [6, 6.07) is 6.33. The van der Waals surface area contributed by atoms with E-state index in [0.29, 0.717) is 22.2 Å². The summed E-state index contributed by atoms with van der Waals surface area (Å²) in [7, 11) is 0. The second kappa shape index (κ2) is 6.23. The fourth-order valence-electron chi connectivity index (χ4n) is 3.44. The molecular weight excluding hydrogens is 360 g/mol. The maximum atomic E-state index is 6.74. The predicted molar refractivity (Wildman–Crippen MR) is 111 cm³/mol. The molecule has 4 aromatic rings. The van der Waals surface area contributed by atoms with Gasteiger partial charge in [-0.3, -0.25) is 0 Å². The maximum absolute atomic E-state index is 6.74. The molecule has 0 spiro atoms. The average molecular weight is 383 g/mol. The van der Waals surface area contributed by atoms with E-state index in [2.05, 4.69) is 60.8 Å². The van der Waals surface area contributed by atoms with Crippen molar-refractivity contribution in [3.05, 3.63) is 35.1 Å². The molecular formula is C20H23ClN6. The number of aromatic nitrogens is 5. The normalized spacial score (nSPS) is 12.3. The van der Waals surface area contributed by atoms with Crippen LogP contribution in [0, 0.1) is 0 Å². The second-order valence-corrected chi connectivity index (χ2v) is 8.21. The molecule has 0 aliphatic heterocycles. The molecule has 0 saturated heterocycles. The Morgan fingerprint density at radius 1 is 1.22 bits per heavy atom. The summed E-state index contributed by atoms with van der Waals surface area (Å²) in [5.41, 5.74) is 10.3. The van der Waals surface area contributed by atoms with Crippen LogP contribution >= 0.6 is 11.6 Å². The summed E-state index contributed by atoms with van der Waals surface area (Å²) in [4.78, 5) is 12.0. The van der Waals surface area contributed by atoms with Gasteiger partial charge in [0.2, 0.25) is 0 Å². The van der Waals surface area contributed by atoms with Gasteiger partial charge in [-0.25, -0.2) is 14.6 Å². The number of rotatable bonds is 3. The number of aryl methyl sites for hydroxylation is 1. The predicted octanol–water partition coefficient (Wildman–Crippen LogP) is 4.92. The van der Waals surface area contributed by atoms with Gasteiger partial charge in [-0.15, -0.1) is 0 Å². The highest BCUT2D eigenvalue weighted by Crippen LogP contribution is 2.39. The lowest BCUT2D eigenvalue weighted by atomic mass is 10.1. The van der Waals surface area contributed by atoms with Gasteiger partial charge in [-0.2, -0.15) is 5.10 Å². The van der Waals surface area contributed by atoms with Crippen molar-refractivity contribution in [1.82, 2.24) is 24.7 Å². The summed E-state index contributed by atoms with van der Waals surface area (Å²) in [5, 5.41) is 7.15. The zero-order valence-corrected chi connectivity index (χ0v) is 16.7. The number of nitrogens with one attached hydrogen (secondary N) is 1. The van der Waals surface area contributed by atoms with Crippen molar-refractivity contribution >= 4 is 39.4 Å². The molecule has 0 aliphatic carbocycles. The van der Waals surface area contributed by atoms with E-state index in [1.54, 1.807) is 0 Å². The van der Waals surface area contributed by atoms with E-state index in [0.717, 1.165) is 34.8 Å². The van der Waals surface area contributed by atoms with Gasteiger partial charge in [0.25, 0.3) is 0 Å². The third-order valence-corrected chi connectivity index (χ3v) is 5.10. The van der Waals surface area contributed by atoms with E-state index in [1.807, 2.05) is 4.68 Å². The number of anilines is 1. The molecule has 27 heavy (non-hydrogen) atoms. The topological polar surface area (TPSA) is 85.4 Å². The van der Waals surface area contributed by atoms with Crippen LogP contribution in [-0.4, -0.2) is 24.7 Å². The summed E-state index contributed by atoms with van der Waals surface area (Å²) in [5.74, 6) is 0.395. The van der Waals surface area contributed by atoms with E-state index >= 15 is 0 Å². The largest absolute Gasteiger partial charge is 0.383 e. The minimum absolute atomic E-state index is 0.260. The number of nitrogens with zero attached hydrogens (tertiary/aromatic N) is 4. The molecule has 140 valence electrons. The molecule has 1 aromatic carbocycles. The lowest BCUT2D eigenvalue weighted by molar-refractivity contribution is 0.366. The lowest BCUT2D eigenvalue weighted by Crippen LogP contribution is -2.23. The summed E-state index contributed by atoms with van der Waals surface area (Å²) >= 11 is 6.74. The van der Waals surface area contributed by atoms with Crippen LogP contribution in [0.3, 0.4) is 0 Å². The van der Waals surface area contributed by atoms with Crippen molar-refractivity contribution in [2.24, 2.45) is 0 Å². The Kier molecular flexibility index (Phi) is 4.11. The average Bonchev–Trinajstić information content (AvgIpc) is 3.14. The molecule has 3 N–H and O–H groups in total. The molecule has 7 heteroatoms. The molecule has 0 amide bonds. The second-order valence-electron chi connectivity index (χ2n) is 7.83. The Bertz CT molecular complexity index is 1150. The minimum Gasteiger partial charge on any atom is -0.383 e. The highest BCUT2D eigenvalue weighted by molar-refractivity contribution is 6.38. The summed E-state index contributed by atoms with van der Waals surface area (Å²) in [6.07, 6.45) is 3.60. The summed E-state index contributed by atoms with van der Waals surface area (Å²) < 4.78 is 1.88. The Labute approximate surface area is 162 Å². The molecule has 3 aromatic heterocycles. The SMILES string of the molecule is CCCc1ccc2c(Cl)c(-c3nn(C(C)(C)C)c4ncnc(N)c34)[nH]c2c1. The van der Waals surface area contributed by atoms with Crippen molar-refractivity contribution < 1.29 is 0 Å². The third-order valence-electron chi connectivity index (χ3n) is 4.70. The highest BCUT2D eigenvalue weighted by Gasteiger charge is 2.26. The first kappa shape index (κ1) is 17.8. The molecule has 0 unspecified atom stereocenters. The van der Waals surface area contributed by atoms with Crippen molar-refractivity contribution in [2.75, 3.05) is 5.73 Å². The number of hydrogen-bond donors (Lipinski definition) is 2. The smallest absolute Gasteiger partial charge is 0.164 e. The van der Waals surface area contributed by atoms with Gasteiger partial charge in [0.05, 0.1) is 21.6 Å². The first-order valence-corrected chi connectivity index (χ1v) is 9.49. The van der Waals surface area contributed by atoms with Crippen LogP contribution in [0.4, 0.5) is 5.82 Å². The Balaban J connectivity index is 2.01. The van der Waals surface area contributed by atoms with Crippen molar-refractivity contribution in [2.45, 2.75) is 46.1 Å². The molecule has 6 nitrogen and oxygen atoms in total. The highest BCUT2D eigenvalue weighted by atomic mass is 35.5. The number of nitrogen functional groups attached to an aromatic ring is 1. The van der Waals surface area contributed by atoms with E-state index in [4.69, 9.17) is 22.4 Å². The molecule has 4 rings (SSSR count). The Morgan fingerprint density at radius 2 is 2.00 bits per heavy atom. The van der Waals surface area contributed by atoms with Crippen LogP contribution in [0.15, 0.2) is 24.5 Å². The summed E-state index contributed by atoms with van der Waals surface area (Å²) in [6.45, 7) is 8.40. The van der Waals surface area contributed by atoms with Gasteiger partial charge >= 0.3 is 0 Å². The molecule has 3 heterocycles. The van der Waals surface area contributed by atoms with Crippen LogP contribution < -0.4 is 5.73 Å². The molecule has 0 saturated carbocycles. The van der Waals surface area contributed by atoms with E-state index in [9.17, 15) is 0 Å². The van der Waals surface area contributed by atoms with E-state index < -0.39 is 0 Å². The van der Waals surface area contributed by atoms with Gasteiger partial charge in [-0.05, 0) is 38.8 Å². The molecule has 0 atom stereocenters. The zero-order chi connectivity index (χ0) is 19.3. The Hall–Kier alpha value is -2.60. The quantitative estimate of drug-likeness (QED) is 0.526. The van der Waals surface area contributed by atoms with Crippen LogP contribution in [-0.2, 0) is 12.0 Å². The molecule has 0 radical (unpaired) electrons. The fraction of sp³-hybridized carbons (Fsp3) is 0.350. The third kappa shape index (κ3) is 2.84. The van der Waals surface area contributed by atoms with Crippen molar-refractivity contribution in [1.29, 1.82) is 0 Å². The number of fused-ring (bicyclic) bond motifs is 2. The monoisotopic (exact) mass is 382 g/mol. The number of aromatic amines is 1. The standard InChI is InChI=1S/C20H23ClN6/c1-5-6-11-7-8-12-13(9-11)25-17(15(12)21)16-14-18(22)23-10-24-19(14)27(26-16)20(2,3)4/h7-10,25H,5-6H2,1-4H3,(H2,22,23,24). The van der Waals surface area contributed by atoms with Crippen molar-refractivity contribution in [3.8, 4) is 11.4 Å². The number of benzene rings is 1. The molecule has 0 fully saturated rings. The number of halogens is 1. The van der Waals surface area contributed by atoms with Crippen LogP contribution in [0.25, 0.3) is 33.3 Å². The van der Waals surface area contributed by atoms with E-state index in [-0.39, 0.29) is 5.54 Å². The lowest BCUT2D eigenvalue weighted by Gasteiger charge is -2.19. The number of hydrogen-bond acceptors (Lipinski definition) is 4. The van der Waals surface area contributed by atoms with Crippen LogP contribution in [0.5, 0.6) is 0 Å².